The molecular weight excluding hydrogens is 348 g/mol. The molecule has 0 spiro atoms. The molecule has 0 aliphatic heterocycles. The Morgan fingerprint density at radius 2 is 1.88 bits per heavy atom. The molecule has 24 heavy (non-hydrogen) atoms. The summed E-state index contributed by atoms with van der Waals surface area (Å²) < 4.78 is 32.8. The van der Waals surface area contributed by atoms with E-state index in [2.05, 4.69) is 12.0 Å². The Bertz CT molecular complexity index is 829. The van der Waals surface area contributed by atoms with Gasteiger partial charge in [-0.25, -0.2) is 0 Å². The molecule has 7 heteroatoms. The second-order valence-corrected chi connectivity index (χ2v) is 8.02. The summed E-state index contributed by atoms with van der Waals surface area (Å²) in [6.07, 6.45) is 2.98. The van der Waals surface area contributed by atoms with Gasteiger partial charge in [-0.3, -0.25) is 0 Å². The maximum atomic E-state index is 13.0. The lowest BCUT2D eigenvalue weighted by atomic mass is 10.2. The highest BCUT2D eigenvalue weighted by atomic mass is 35.5. The zero-order valence-electron chi connectivity index (χ0n) is 14.5. The standard InChI is InChI=1S/C17H23ClN2O3S/c1-5-6-7-8-23-16-9-12(2)15(18)11-17(16)24(21,22)20-14(4)10-13(3)19-20/h9-11H,5-8H2,1-4H3. The van der Waals surface area contributed by atoms with Gasteiger partial charge in [0.05, 0.1) is 18.0 Å². The lowest BCUT2D eigenvalue weighted by molar-refractivity contribution is 0.298. The van der Waals surface area contributed by atoms with Gasteiger partial charge in [0, 0.05) is 5.02 Å². The van der Waals surface area contributed by atoms with Crippen LogP contribution in [0, 0.1) is 20.8 Å². The quantitative estimate of drug-likeness (QED) is 0.683. The predicted molar refractivity (Wildman–Crippen MR) is 95.5 cm³/mol. The van der Waals surface area contributed by atoms with E-state index in [1.165, 1.54) is 6.07 Å². The van der Waals surface area contributed by atoms with Gasteiger partial charge in [-0.05, 0) is 51.0 Å². The van der Waals surface area contributed by atoms with Crippen LogP contribution in [-0.2, 0) is 10.0 Å². The van der Waals surface area contributed by atoms with Crippen LogP contribution in [0.5, 0.6) is 5.75 Å². The molecule has 0 N–H and O–H groups in total. The number of ether oxygens (including phenoxy) is 1. The van der Waals surface area contributed by atoms with Gasteiger partial charge in [-0.2, -0.15) is 17.6 Å². The minimum absolute atomic E-state index is 0.0424. The molecule has 0 bridgehead atoms. The first-order chi connectivity index (χ1) is 11.3. The Kier molecular flexibility index (Phi) is 5.93. The molecule has 0 saturated carbocycles. The van der Waals surface area contributed by atoms with E-state index in [0.29, 0.717) is 28.8 Å². The second kappa shape index (κ2) is 7.57. The molecule has 5 nitrogen and oxygen atoms in total. The summed E-state index contributed by atoms with van der Waals surface area (Å²) in [6, 6.07) is 4.83. The Morgan fingerprint density at radius 3 is 2.46 bits per heavy atom. The lowest BCUT2D eigenvalue weighted by Gasteiger charge is -2.14. The third kappa shape index (κ3) is 3.92. The van der Waals surface area contributed by atoms with Crippen LogP contribution in [0.2, 0.25) is 5.02 Å². The van der Waals surface area contributed by atoms with E-state index in [1.54, 1.807) is 26.0 Å². The maximum Gasteiger partial charge on any atom is 0.286 e. The number of rotatable bonds is 7. The highest BCUT2D eigenvalue weighted by Gasteiger charge is 2.26. The summed E-state index contributed by atoms with van der Waals surface area (Å²) in [5.74, 6) is 0.320. The third-order valence-corrected chi connectivity index (χ3v) is 5.81. The van der Waals surface area contributed by atoms with Gasteiger partial charge in [0.1, 0.15) is 10.6 Å². The van der Waals surface area contributed by atoms with Crippen LogP contribution in [0.25, 0.3) is 0 Å². The summed E-state index contributed by atoms with van der Waals surface area (Å²) in [6.45, 7) is 7.85. The topological polar surface area (TPSA) is 61.2 Å². The van der Waals surface area contributed by atoms with Gasteiger partial charge in [0.2, 0.25) is 0 Å². The van der Waals surface area contributed by atoms with E-state index >= 15 is 0 Å². The summed E-state index contributed by atoms with van der Waals surface area (Å²) in [4.78, 5) is 0.0424. The van der Waals surface area contributed by atoms with Crippen molar-refractivity contribution >= 4 is 21.6 Å². The van der Waals surface area contributed by atoms with Crippen molar-refractivity contribution in [3.8, 4) is 5.75 Å². The van der Waals surface area contributed by atoms with E-state index in [9.17, 15) is 8.42 Å². The number of halogens is 1. The average molecular weight is 371 g/mol. The van der Waals surface area contributed by atoms with Gasteiger partial charge in [-0.15, -0.1) is 0 Å². The fraction of sp³-hybridized carbons (Fsp3) is 0.471. The fourth-order valence-electron chi connectivity index (χ4n) is 2.43. The number of aromatic nitrogens is 2. The maximum absolute atomic E-state index is 13.0. The highest BCUT2D eigenvalue weighted by Crippen LogP contribution is 2.32. The molecule has 0 unspecified atom stereocenters. The Balaban J connectivity index is 2.47. The molecule has 2 aromatic rings. The average Bonchev–Trinajstić information content (AvgIpc) is 2.86. The Hall–Kier alpha value is -1.53. The van der Waals surface area contributed by atoms with Crippen molar-refractivity contribution in [1.82, 2.24) is 9.19 Å². The zero-order valence-corrected chi connectivity index (χ0v) is 16.0. The van der Waals surface area contributed by atoms with Gasteiger partial charge in [0.15, 0.2) is 0 Å². The number of hydrogen-bond acceptors (Lipinski definition) is 4. The molecule has 0 amide bonds. The molecule has 0 radical (unpaired) electrons. The minimum Gasteiger partial charge on any atom is -0.492 e. The van der Waals surface area contributed by atoms with Crippen LogP contribution in [0.4, 0.5) is 0 Å². The summed E-state index contributed by atoms with van der Waals surface area (Å²) >= 11 is 6.16. The predicted octanol–water partition coefficient (Wildman–Crippen LogP) is 4.27. The van der Waals surface area contributed by atoms with Crippen LogP contribution in [0.1, 0.15) is 43.1 Å². The third-order valence-electron chi connectivity index (χ3n) is 3.70. The van der Waals surface area contributed by atoms with Gasteiger partial charge >= 0.3 is 0 Å². The molecule has 0 atom stereocenters. The molecule has 1 heterocycles. The normalized spacial score (nSPS) is 11.7. The van der Waals surface area contributed by atoms with E-state index in [0.717, 1.165) is 28.9 Å². The van der Waals surface area contributed by atoms with Gasteiger partial charge in [0.25, 0.3) is 10.0 Å². The smallest absolute Gasteiger partial charge is 0.286 e. The molecule has 2 rings (SSSR count). The van der Waals surface area contributed by atoms with Crippen molar-refractivity contribution in [3.05, 3.63) is 40.2 Å². The summed E-state index contributed by atoms with van der Waals surface area (Å²) in [5.41, 5.74) is 1.95. The molecule has 0 aliphatic rings. The summed E-state index contributed by atoms with van der Waals surface area (Å²) in [7, 11) is -3.87. The van der Waals surface area contributed by atoms with Crippen molar-refractivity contribution in [2.24, 2.45) is 0 Å². The van der Waals surface area contributed by atoms with E-state index in [-0.39, 0.29) is 4.90 Å². The Labute approximate surface area is 148 Å². The number of nitrogens with zero attached hydrogens (tertiary/aromatic N) is 2. The molecule has 0 saturated heterocycles. The van der Waals surface area contributed by atoms with Gasteiger partial charge < -0.3 is 4.74 Å². The first kappa shape index (κ1) is 18.8. The van der Waals surface area contributed by atoms with Crippen molar-refractivity contribution in [1.29, 1.82) is 0 Å². The fourth-order valence-corrected chi connectivity index (χ4v) is 4.15. The number of aryl methyl sites for hydroxylation is 3. The van der Waals surface area contributed by atoms with Crippen LogP contribution >= 0.6 is 11.6 Å². The molecule has 132 valence electrons. The monoisotopic (exact) mass is 370 g/mol. The van der Waals surface area contributed by atoms with Crippen molar-refractivity contribution in [3.63, 3.8) is 0 Å². The number of unbranched alkanes of at least 4 members (excludes halogenated alkanes) is 2. The lowest BCUT2D eigenvalue weighted by Crippen LogP contribution is -2.17. The van der Waals surface area contributed by atoms with Crippen LogP contribution in [0.15, 0.2) is 23.1 Å². The molecule has 0 aliphatic carbocycles. The first-order valence-electron chi connectivity index (χ1n) is 7.99. The Morgan fingerprint density at radius 1 is 1.17 bits per heavy atom. The largest absolute Gasteiger partial charge is 0.492 e. The molecule has 0 fully saturated rings. The second-order valence-electron chi connectivity index (χ2n) is 5.88. The molecule has 1 aromatic carbocycles. The highest BCUT2D eigenvalue weighted by molar-refractivity contribution is 7.90. The van der Waals surface area contributed by atoms with Crippen LogP contribution in [0.3, 0.4) is 0 Å². The van der Waals surface area contributed by atoms with Gasteiger partial charge in [-0.1, -0.05) is 31.4 Å². The van der Waals surface area contributed by atoms with E-state index < -0.39 is 10.0 Å². The minimum atomic E-state index is -3.87. The van der Waals surface area contributed by atoms with Crippen LogP contribution < -0.4 is 4.74 Å². The van der Waals surface area contributed by atoms with Crippen LogP contribution in [-0.4, -0.2) is 24.2 Å². The van der Waals surface area contributed by atoms with Crippen molar-refractivity contribution in [2.75, 3.05) is 6.61 Å². The molecule has 1 aromatic heterocycles. The van der Waals surface area contributed by atoms with Crippen molar-refractivity contribution in [2.45, 2.75) is 51.9 Å². The van der Waals surface area contributed by atoms with E-state index in [4.69, 9.17) is 16.3 Å². The SMILES string of the molecule is CCCCCOc1cc(C)c(Cl)cc1S(=O)(=O)n1nc(C)cc1C. The number of hydrogen-bond donors (Lipinski definition) is 0. The van der Waals surface area contributed by atoms with E-state index in [1.807, 2.05) is 6.92 Å². The zero-order chi connectivity index (χ0) is 17.9. The summed E-state index contributed by atoms with van der Waals surface area (Å²) in [5, 5.41) is 4.48. The first-order valence-corrected chi connectivity index (χ1v) is 9.81. The number of benzene rings is 1. The van der Waals surface area contributed by atoms with Crippen molar-refractivity contribution < 1.29 is 13.2 Å². The molecular formula is C17H23ClN2O3S.